The lowest BCUT2D eigenvalue weighted by Gasteiger charge is -2.26. The van der Waals surface area contributed by atoms with E-state index in [4.69, 9.17) is 4.74 Å². The molecule has 1 fully saturated rings. The van der Waals surface area contributed by atoms with Crippen LogP contribution in [0.15, 0.2) is 53.7 Å². The van der Waals surface area contributed by atoms with E-state index >= 15 is 0 Å². The third-order valence-electron chi connectivity index (χ3n) is 4.02. The molecule has 1 N–H and O–H groups in total. The van der Waals surface area contributed by atoms with Crippen molar-refractivity contribution in [3.8, 4) is 0 Å². The topological polar surface area (TPSA) is 103 Å². The largest absolute Gasteiger partial charge is 0.619 e. The third-order valence-corrected chi connectivity index (χ3v) is 5.93. The molecule has 0 atom stereocenters. The minimum atomic E-state index is -3.53. The Morgan fingerprint density at radius 2 is 1.88 bits per heavy atom. The number of pyridine rings is 1. The van der Waals surface area contributed by atoms with Crippen molar-refractivity contribution in [3.05, 3.63) is 65.1 Å². The maximum absolute atomic E-state index is 12.6. The molecule has 1 saturated heterocycles. The number of benzene rings is 1. The van der Waals surface area contributed by atoms with Crippen molar-refractivity contribution in [2.24, 2.45) is 0 Å². The molecule has 1 aliphatic rings. The van der Waals surface area contributed by atoms with Gasteiger partial charge in [0.25, 0.3) is 5.91 Å². The Bertz CT molecular complexity index is 878. The maximum atomic E-state index is 12.6. The zero-order valence-electron chi connectivity index (χ0n) is 14.0. The summed E-state index contributed by atoms with van der Waals surface area (Å²) in [6.45, 7) is 1.71. The Labute approximate surface area is 151 Å². The quantitative estimate of drug-likeness (QED) is 0.595. The smallest absolute Gasteiger partial charge is 0.257 e. The van der Waals surface area contributed by atoms with Gasteiger partial charge < -0.3 is 15.3 Å². The number of aromatic nitrogens is 1. The van der Waals surface area contributed by atoms with Crippen LogP contribution in [0.1, 0.15) is 15.9 Å². The molecule has 2 heterocycles. The number of hydrogen-bond donors (Lipinski definition) is 1. The van der Waals surface area contributed by atoms with E-state index in [1.807, 2.05) is 0 Å². The highest BCUT2D eigenvalue weighted by atomic mass is 32.2. The normalized spacial score (nSPS) is 15.5. The molecule has 0 aliphatic carbocycles. The van der Waals surface area contributed by atoms with Crippen LogP contribution in [0.4, 0.5) is 0 Å². The van der Waals surface area contributed by atoms with Crippen molar-refractivity contribution < 1.29 is 22.7 Å². The molecule has 1 aromatic heterocycles. The van der Waals surface area contributed by atoms with Crippen LogP contribution in [0.3, 0.4) is 0 Å². The van der Waals surface area contributed by atoms with Gasteiger partial charge in [0.1, 0.15) is 5.56 Å². The molecule has 3 rings (SSSR count). The minimum absolute atomic E-state index is 0.213. The van der Waals surface area contributed by atoms with Crippen LogP contribution in [0, 0.1) is 5.21 Å². The molecule has 0 saturated carbocycles. The number of amides is 1. The highest BCUT2D eigenvalue weighted by molar-refractivity contribution is 7.89. The molecule has 1 amide bonds. The fourth-order valence-corrected chi connectivity index (χ4v) is 4.00. The van der Waals surface area contributed by atoms with E-state index < -0.39 is 10.0 Å². The number of nitrogens with zero attached hydrogens (tertiary/aromatic N) is 2. The first kappa shape index (κ1) is 18.3. The summed E-state index contributed by atoms with van der Waals surface area (Å²) in [5.41, 5.74) is 1.01. The molecular weight excluding hydrogens is 358 g/mol. The monoisotopic (exact) mass is 377 g/mol. The first-order valence-corrected chi connectivity index (χ1v) is 9.55. The number of carbonyl (C=O) groups is 1. The fraction of sp³-hybridized carbons (Fsp3) is 0.294. The van der Waals surface area contributed by atoms with Crippen LogP contribution in [-0.4, -0.2) is 44.9 Å². The Hall–Kier alpha value is -2.49. The SMILES string of the molecule is O=C(NCc1ccc(S(=O)(=O)N2CCOCC2)cc1)c1ccc[n+]([O-])c1. The van der Waals surface area contributed by atoms with E-state index in [0.717, 1.165) is 5.56 Å². The van der Waals surface area contributed by atoms with Gasteiger partial charge in [0.2, 0.25) is 10.0 Å². The standard InChI is InChI=1S/C17H19N3O5S/c21-17(15-2-1-7-19(22)13-15)18-12-14-3-5-16(6-4-14)26(23,24)20-8-10-25-11-9-20/h1-7,13H,8-12H2,(H,18,21). The van der Waals surface area contributed by atoms with Gasteiger partial charge in [0, 0.05) is 25.7 Å². The average molecular weight is 377 g/mol. The van der Waals surface area contributed by atoms with Crippen molar-refractivity contribution in [1.82, 2.24) is 9.62 Å². The highest BCUT2D eigenvalue weighted by Gasteiger charge is 2.26. The molecule has 9 heteroatoms. The lowest BCUT2D eigenvalue weighted by Crippen LogP contribution is -2.40. The second-order valence-corrected chi connectivity index (χ2v) is 7.73. The first-order valence-electron chi connectivity index (χ1n) is 8.11. The molecule has 0 radical (unpaired) electrons. The number of nitrogens with one attached hydrogen (secondary N) is 1. The van der Waals surface area contributed by atoms with Crippen LogP contribution >= 0.6 is 0 Å². The number of carbonyl (C=O) groups excluding carboxylic acids is 1. The van der Waals surface area contributed by atoms with Gasteiger partial charge in [0.15, 0.2) is 12.4 Å². The van der Waals surface area contributed by atoms with Crippen LogP contribution in [-0.2, 0) is 21.3 Å². The second-order valence-electron chi connectivity index (χ2n) is 5.80. The summed E-state index contributed by atoms with van der Waals surface area (Å²) in [5.74, 6) is -0.375. The van der Waals surface area contributed by atoms with Crippen molar-refractivity contribution in [2.45, 2.75) is 11.4 Å². The lowest BCUT2D eigenvalue weighted by molar-refractivity contribution is -0.605. The summed E-state index contributed by atoms with van der Waals surface area (Å²) in [6.07, 6.45) is 2.48. The second kappa shape index (κ2) is 7.81. The van der Waals surface area contributed by atoms with Gasteiger partial charge in [-0.2, -0.15) is 9.04 Å². The molecule has 1 aliphatic heterocycles. The zero-order chi connectivity index (χ0) is 18.6. The first-order chi connectivity index (χ1) is 12.5. The minimum Gasteiger partial charge on any atom is -0.619 e. The highest BCUT2D eigenvalue weighted by Crippen LogP contribution is 2.17. The van der Waals surface area contributed by atoms with Crippen molar-refractivity contribution in [2.75, 3.05) is 26.3 Å². The molecular formula is C17H19N3O5S. The fourth-order valence-electron chi connectivity index (χ4n) is 2.59. The molecule has 2 aromatic rings. The van der Waals surface area contributed by atoms with Gasteiger partial charge in [-0.15, -0.1) is 0 Å². The zero-order valence-corrected chi connectivity index (χ0v) is 14.8. The maximum Gasteiger partial charge on any atom is 0.257 e. The predicted octanol–water partition coefficient (Wildman–Crippen LogP) is 0.271. The Kier molecular flexibility index (Phi) is 5.50. The molecule has 8 nitrogen and oxygen atoms in total. The van der Waals surface area contributed by atoms with E-state index in [0.29, 0.717) is 31.0 Å². The summed E-state index contributed by atoms with van der Waals surface area (Å²) in [5, 5.41) is 13.9. The summed E-state index contributed by atoms with van der Waals surface area (Å²) in [4.78, 5) is 12.2. The number of hydrogen-bond acceptors (Lipinski definition) is 5. The molecule has 26 heavy (non-hydrogen) atoms. The van der Waals surface area contributed by atoms with E-state index in [1.54, 1.807) is 18.2 Å². The Morgan fingerprint density at radius 3 is 2.54 bits per heavy atom. The van der Waals surface area contributed by atoms with E-state index in [1.165, 1.54) is 34.9 Å². The van der Waals surface area contributed by atoms with E-state index in [-0.39, 0.29) is 22.9 Å². The number of rotatable bonds is 5. The van der Waals surface area contributed by atoms with Crippen molar-refractivity contribution in [3.63, 3.8) is 0 Å². The lowest BCUT2D eigenvalue weighted by atomic mass is 10.2. The van der Waals surface area contributed by atoms with Crippen LogP contribution in [0.25, 0.3) is 0 Å². The van der Waals surface area contributed by atoms with Gasteiger partial charge >= 0.3 is 0 Å². The van der Waals surface area contributed by atoms with Gasteiger partial charge in [-0.3, -0.25) is 4.79 Å². The Morgan fingerprint density at radius 1 is 1.19 bits per heavy atom. The molecule has 0 unspecified atom stereocenters. The van der Waals surface area contributed by atoms with Crippen LogP contribution < -0.4 is 10.0 Å². The van der Waals surface area contributed by atoms with E-state index in [9.17, 15) is 18.4 Å². The summed E-state index contributed by atoms with van der Waals surface area (Å²) in [7, 11) is -3.53. The summed E-state index contributed by atoms with van der Waals surface area (Å²) < 4.78 is 32.2. The van der Waals surface area contributed by atoms with Gasteiger partial charge in [-0.1, -0.05) is 12.1 Å². The molecule has 0 spiro atoms. The van der Waals surface area contributed by atoms with E-state index in [2.05, 4.69) is 5.32 Å². The molecule has 0 bridgehead atoms. The molecule has 138 valence electrons. The summed E-state index contributed by atoms with van der Waals surface area (Å²) in [6, 6.07) is 9.41. The van der Waals surface area contributed by atoms with Gasteiger partial charge in [-0.05, 0) is 23.8 Å². The Balaban J connectivity index is 1.63. The number of ether oxygens (including phenoxy) is 1. The van der Waals surface area contributed by atoms with Gasteiger partial charge in [-0.25, -0.2) is 8.42 Å². The van der Waals surface area contributed by atoms with Crippen molar-refractivity contribution >= 4 is 15.9 Å². The van der Waals surface area contributed by atoms with Crippen molar-refractivity contribution in [1.29, 1.82) is 0 Å². The summed E-state index contributed by atoms with van der Waals surface area (Å²) >= 11 is 0. The predicted molar refractivity (Wildman–Crippen MR) is 92.6 cm³/mol. The number of sulfonamides is 1. The van der Waals surface area contributed by atoms with Gasteiger partial charge in [0.05, 0.1) is 18.1 Å². The third kappa shape index (κ3) is 4.18. The van der Waals surface area contributed by atoms with Crippen LogP contribution in [0.2, 0.25) is 0 Å². The average Bonchev–Trinajstić information content (AvgIpc) is 2.67. The van der Waals surface area contributed by atoms with Crippen LogP contribution in [0.5, 0.6) is 0 Å². The molecule has 1 aromatic carbocycles. The number of morpholine rings is 1.